The van der Waals surface area contributed by atoms with Gasteiger partial charge in [-0.2, -0.15) is 114 Å². The third-order valence-corrected chi connectivity index (χ3v) is 5.02. The van der Waals surface area contributed by atoms with Crippen molar-refractivity contribution in [2.75, 3.05) is 13.2 Å². The minimum atomic E-state index is -8.76. The SMILES string of the molecule is CCOC(=O)C(F)(F)C(F)(F)C(F)(F)OC(F)(F)C(F)(F)OC(F)(F)C(F)(F)C(F)(F)OC(F)(F)C(F)(F)OC(F)(F)C(F)(F)C(F)(F)C(=O)OCC. The second-order valence-electron chi connectivity index (χ2n) is 8.86. The summed E-state index contributed by atoms with van der Waals surface area (Å²) < 4.78 is 362. The lowest BCUT2D eigenvalue weighted by atomic mass is 10.1. The normalized spacial score (nSPS) is 15.8. The van der Waals surface area contributed by atoms with Gasteiger partial charge in [-0.3, -0.25) is 0 Å². The molecule has 0 aliphatic rings. The number of esters is 2. The molecule has 0 amide bonds. The van der Waals surface area contributed by atoms with E-state index < -0.39 is 104 Å². The lowest BCUT2D eigenvalue weighted by molar-refractivity contribution is -0.576. The lowest BCUT2D eigenvalue weighted by Gasteiger charge is -2.38. The Bertz CT molecular complexity index is 1220. The number of carbonyl (C=O) groups is 2. The molecule has 0 aliphatic heterocycles. The van der Waals surface area contributed by atoms with Crippen molar-refractivity contribution in [2.24, 2.45) is 0 Å². The van der Waals surface area contributed by atoms with Crippen LogP contribution in [0.4, 0.5) is 114 Å². The molecule has 8 nitrogen and oxygen atoms in total. The van der Waals surface area contributed by atoms with Crippen LogP contribution in [0.15, 0.2) is 0 Å². The number of alkyl halides is 26. The highest BCUT2D eigenvalue weighted by molar-refractivity contribution is 5.79. The maximum atomic E-state index is 13.7. The molecule has 34 heteroatoms. The Hall–Kier alpha value is -3.04. The van der Waals surface area contributed by atoms with Crippen LogP contribution in [0.25, 0.3) is 0 Å². The molecule has 0 saturated heterocycles. The van der Waals surface area contributed by atoms with Crippen molar-refractivity contribution in [1.82, 2.24) is 0 Å². The van der Waals surface area contributed by atoms with Gasteiger partial charge in [0, 0.05) is 0 Å². The third-order valence-electron chi connectivity index (χ3n) is 5.02. The van der Waals surface area contributed by atoms with Gasteiger partial charge in [0.25, 0.3) is 0 Å². The third kappa shape index (κ3) is 8.77. The van der Waals surface area contributed by atoms with Crippen LogP contribution < -0.4 is 0 Å². The molecule has 0 aromatic heterocycles. The first-order valence-electron chi connectivity index (χ1n) is 11.9. The van der Waals surface area contributed by atoms with Crippen molar-refractivity contribution in [3.63, 3.8) is 0 Å². The molecule has 0 aromatic carbocycles. The molecule has 0 heterocycles. The van der Waals surface area contributed by atoms with Crippen molar-refractivity contribution < 1.29 is 152 Å². The fraction of sp³-hybridized carbons (Fsp3) is 0.895. The first kappa shape index (κ1) is 50.0. The molecule has 0 radical (unpaired) electrons. The first-order valence-corrected chi connectivity index (χ1v) is 11.9. The second kappa shape index (κ2) is 14.2. The Labute approximate surface area is 271 Å². The van der Waals surface area contributed by atoms with Gasteiger partial charge in [-0.1, -0.05) is 0 Å². The summed E-state index contributed by atoms with van der Waals surface area (Å²) in [5, 5.41) is 0. The molecular weight excluding hydrogens is 850 g/mol. The zero-order valence-electron chi connectivity index (χ0n) is 24.0. The minimum absolute atomic E-state index is 0.498. The smallest absolute Gasteiger partial charge is 0.453 e. The quantitative estimate of drug-likeness (QED) is 0.0898. The van der Waals surface area contributed by atoms with Crippen molar-refractivity contribution in [1.29, 1.82) is 0 Å². The van der Waals surface area contributed by atoms with Gasteiger partial charge in [0.15, 0.2) is 0 Å². The topological polar surface area (TPSA) is 89.5 Å². The van der Waals surface area contributed by atoms with Crippen LogP contribution in [-0.2, 0) is 38.0 Å². The standard InChI is InChI=1S/C19H10F26O8/c1-3-48-5(46)7(20,21)9(24,25)12(30,31)50-16(38,39)18(42,43)52-14(34,35)11(28,29)15(36,37)53-19(44,45)17(40,41)51-13(32,33)10(26,27)8(22,23)6(47)49-4-2/h3-4H2,1-2H3. The number of hydrogen-bond donors (Lipinski definition) is 0. The number of halogens is 26. The van der Waals surface area contributed by atoms with E-state index in [0.29, 0.717) is 13.8 Å². The minimum Gasteiger partial charge on any atom is -0.461 e. The average molecular weight is 860 g/mol. The van der Waals surface area contributed by atoms with Crippen LogP contribution in [0.1, 0.15) is 13.8 Å². The second-order valence-corrected chi connectivity index (χ2v) is 8.86. The molecule has 0 bridgehead atoms. The van der Waals surface area contributed by atoms with E-state index in [-0.39, 0.29) is 0 Å². The van der Waals surface area contributed by atoms with Crippen LogP contribution >= 0.6 is 0 Å². The fourth-order valence-electron chi connectivity index (χ4n) is 2.37. The van der Waals surface area contributed by atoms with E-state index in [1.165, 1.54) is 9.47 Å². The molecule has 0 rings (SSSR count). The first-order chi connectivity index (χ1) is 22.8. The molecule has 0 aliphatic carbocycles. The zero-order chi connectivity index (χ0) is 43.3. The van der Waals surface area contributed by atoms with E-state index in [9.17, 15) is 124 Å². The van der Waals surface area contributed by atoms with Gasteiger partial charge >= 0.3 is 90.4 Å². The summed E-state index contributed by atoms with van der Waals surface area (Å²) in [4.78, 5) is 21.6. The van der Waals surface area contributed by atoms with E-state index in [1.54, 1.807) is 0 Å². The Kier molecular flexibility index (Phi) is 13.4. The van der Waals surface area contributed by atoms with Crippen molar-refractivity contribution in [3.05, 3.63) is 0 Å². The highest BCUT2D eigenvalue weighted by atomic mass is 19.4. The number of hydrogen-bond acceptors (Lipinski definition) is 8. The van der Waals surface area contributed by atoms with Gasteiger partial charge in [0.2, 0.25) is 0 Å². The van der Waals surface area contributed by atoms with Gasteiger partial charge < -0.3 is 9.47 Å². The van der Waals surface area contributed by atoms with E-state index in [1.807, 2.05) is 0 Å². The Balaban J connectivity index is 6.60. The predicted molar refractivity (Wildman–Crippen MR) is 102 cm³/mol. The maximum absolute atomic E-state index is 13.7. The summed E-state index contributed by atoms with van der Waals surface area (Å²) in [7, 11) is 0. The van der Waals surface area contributed by atoms with E-state index in [2.05, 4.69) is 9.47 Å². The molecule has 0 fully saturated rings. The van der Waals surface area contributed by atoms with E-state index in [0.717, 1.165) is 9.47 Å². The summed E-state index contributed by atoms with van der Waals surface area (Å²) in [5.74, 6) is -46.2. The van der Waals surface area contributed by atoms with Crippen molar-refractivity contribution in [2.45, 2.75) is 92.3 Å². The molecule has 0 saturated carbocycles. The molecule has 316 valence electrons. The van der Waals surface area contributed by atoms with Crippen LogP contribution in [0.3, 0.4) is 0 Å². The van der Waals surface area contributed by atoms with Gasteiger partial charge in [0.05, 0.1) is 13.2 Å². The van der Waals surface area contributed by atoms with Gasteiger partial charge in [-0.15, -0.1) is 0 Å². The van der Waals surface area contributed by atoms with Crippen molar-refractivity contribution >= 4 is 11.9 Å². The maximum Gasteiger partial charge on any atom is 0.453 e. The highest BCUT2D eigenvalue weighted by Gasteiger charge is 2.86. The van der Waals surface area contributed by atoms with Crippen LogP contribution in [0.5, 0.6) is 0 Å². The molecule has 53 heavy (non-hydrogen) atoms. The van der Waals surface area contributed by atoms with E-state index >= 15 is 0 Å². The summed E-state index contributed by atoms with van der Waals surface area (Å²) in [5.41, 5.74) is 0. The summed E-state index contributed by atoms with van der Waals surface area (Å²) in [6, 6.07) is 0. The predicted octanol–water partition coefficient (Wildman–Crippen LogP) is 8.10. The molecule has 0 unspecified atom stereocenters. The largest absolute Gasteiger partial charge is 0.461 e. The molecule has 0 atom stereocenters. The fourth-order valence-corrected chi connectivity index (χ4v) is 2.37. The van der Waals surface area contributed by atoms with E-state index in [4.69, 9.17) is 0 Å². The summed E-state index contributed by atoms with van der Waals surface area (Å²) in [6.45, 7) is -1.80. The lowest BCUT2D eigenvalue weighted by Crippen LogP contribution is -2.66. The Morgan fingerprint density at radius 1 is 0.321 bits per heavy atom. The number of carbonyl (C=O) groups excluding carboxylic acids is 2. The molecule has 0 spiro atoms. The average Bonchev–Trinajstić information content (AvgIpc) is 2.90. The summed E-state index contributed by atoms with van der Waals surface area (Å²) in [6.07, 6.45) is -66.2. The van der Waals surface area contributed by atoms with Crippen molar-refractivity contribution in [3.8, 4) is 0 Å². The van der Waals surface area contributed by atoms with Crippen LogP contribution in [0, 0.1) is 0 Å². The van der Waals surface area contributed by atoms with Gasteiger partial charge in [0.1, 0.15) is 0 Å². The molecular formula is C19H10F26O8. The van der Waals surface area contributed by atoms with Crippen LogP contribution in [0.2, 0.25) is 0 Å². The van der Waals surface area contributed by atoms with Crippen LogP contribution in [-0.4, -0.2) is 104 Å². The Morgan fingerprint density at radius 2 is 0.491 bits per heavy atom. The summed E-state index contributed by atoms with van der Waals surface area (Å²) >= 11 is 0. The van der Waals surface area contributed by atoms with Gasteiger partial charge in [-0.05, 0) is 13.8 Å². The number of rotatable bonds is 20. The molecule has 0 aromatic rings. The highest BCUT2D eigenvalue weighted by Crippen LogP contribution is 2.57. The zero-order valence-corrected chi connectivity index (χ0v) is 24.0. The molecule has 0 N–H and O–H groups in total. The monoisotopic (exact) mass is 860 g/mol. The Morgan fingerprint density at radius 3 is 0.660 bits per heavy atom. The number of ether oxygens (including phenoxy) is 6. The van der Waals surface area contributed by atoms with Gasteiger partial charge in [-0.25, -0.2) is 28.5 Å².